The van der Waals surface area contributed by atoms with Crippen molar-refractivity contribution < 1.29 is 8.42 Å². The van der Waals surface area contributed by atoms with Gasteiger partial charge in [0.1, 0.15) is 15.7 Å². The summed E-state index contributed by atoms with van der Waals surface area (Å²) in [6, 6.07) is 3.73. The average molecular weight is 268 g/mol. The van der Waals surface area contributed by atoms with E-state index in [0.29, 0.717) is 6.54 Å². The molecule has 0 aromatic carbocycles. The highest BCUT2D eigenvalue weighted by Crippen LogP contribution is 2.13. The third-order valence-electron chi connectivity index (χ3n) is 2.46. The van der Waals surface area contributed by atoms with E-state index >= 15 is 0 Å². The number of aromatic nitrogens is 3. The van der Waals surface area contributed by atoms with Crippen LogP contribution in [0.1, 0.15) is 11.4 Å². The fourth-order valence-corrected chi connectivity index (χ4v) is 2.18. The van der Waals surface area contributed by atoms with Gasteiger partial charge >= 0.3 is 0 Å². The summed E-state index contributed by atoms with van der Waals surface area (Å²) in [6.45, 7) is 4.14. The van der Waals surface area contributed by atoms with Crippen LogP contribution in [0.2, 0.25) is 0 Å². The van der Waals surface area contributed by atoms with Crippen molar-refractivity contribution in [3.05, 3.63) is 23.5 Å². The van der Waals surface area contributed by atoms with Gasteiger partial charge in [0.15, 0.2) is 5.65 Å². The Morgan fingerprint density at radius 1 is 1.28 bits per heavy atom. The van der Waals surface area contributed by atoms with Crippen molar-refractivity contribution in [2.24, 2.45) is 0 Å². The molecular formula is C11H16N4O2S. The Labute approximate surface area is 106 Å². The molecule has 18 heavy (non-hydrogen) atoms. The zero-order valence-electron chi connectivity index (χ0n) is 10.6. The molecule has 0 saturated heterocycles. The van der Waals surface area contributed by atoms with Crippen molar-refractivity contribution in [2.45, 2.75) is 13.8 Å². The third-order valence-corrected chi connectivity index (χ3v) is 3.40. The number of hydrogen-bond donors (Lipinski definition) is 1. The Balaban J connectivity index is 2.26. The molecule has 0 aliphatic heterocycles. The SMILES string of the molecule is Cc1cc(NCCS(C)(=O)=O)n2nc(C)cc2n1. The van der Waals surface area contributed by atoms with E-state index in [1.165, 1.54) is 6.26 Å². The van der Waals surface area contributed by atoms with E-state index in [4.69, 9.17) is 0 Å². The fourth-order valence-electron chi connectivity index (χ4n) is 1.71. The van der Waals surface area contributed by atoms with Crippen molar-refractivity contribution in [3.63, 3.8) is 0 Å². The maximum Gasteiger partial charge on any atom is 0.157 e. The number of anilines is 1. The summed E-state index contributed by atoms with van der Waals surface area (Å²) in [5.74, 6) is 0.852. The van der Waals surface area contributed by atoms with Gasteiger partial charge in [0.25, 0.3) is 0 Å². The van der Waals surface area contributed by atoms with Gasteiger partial charge in [-0.1, -0.05) is 0 Å². The van der Waals surface area contributed by atoms with Crippen LogP contribution in [0.3, 0.4) is 0 Å². The van der Waals surface area contributed by atoms with Gasteiger partial charge in [-0.2, -0.15) is 9.61 Å². The molecular weight excluding hydrogens is 252 g/mol. The molecule has 0 aliphatic rings. The van der Waals surface area contributed by atoms with E-state index < -0.39 is 9.84 Å². The van der Waals surface area contributed by atoms with E-state index in [9.17, 15) is 8.42 Å². The number of aryl methyl sites for hydroxylation is 2. The summed E-state index contributed by atoms with van der Waals surface area (Å²) in [6.07, 6.45) is 1.22. The van der Waals surface area contributed by atoms with Gasteiger partial charge < -0.3 is 5.32 Å². The molecule has 0 aliphatic carbocycles. The van der Waals surface area contributed by atoms with Crippen LogP contribution in [-0.2, 0) is 9.84 Å². The molecule has 0 spiro atoms. The Hall–Kier alpha value is -1.63. The van der Waals surface area contributed by atoms with Crippen molar-refractivity contribution in [3.8, 4) is 0 Å². The van der Waals surface area contributed by atoms with Crippen LogP contribution in [-0.4, -0.2) is 41.6 Å². The molecule has 6 nitrogen and oxygen atoms in total. The smallest absolute Gasteiger partial charge is 0.157 e. The molecule has 0 amide bonds. The lowest BCUT2D eigenvalue weighted by Crippen LogP contribution is -2.16. The molecule has 98 valence electrons. The zero-order valence-corrected chi connectivity index (χ0v) is 11.5. The lowest BCUT2D eigenvalue weighted by Gasteiger charge is -2.08. The second kappa shape index (κ2) is 4.56. The molecule has 2 heterocycles. The van der Waals surface area contributed by atoms with Crippen LogP contribution < -0.4 is 5.32 Å². The Kier molecular flexibility index (Phi) is 3.25. The molecule has 1 N–H and O–H groups in total. The van der Waals surface area contributed by atoms with Gasteiger partial charge in [0, 0.05) is 30.6 Å². The molecule has 0 saturated carbocycles. The van der Waals surface area contributed by atoms with E-state index in [-0.39, 0.29) is 5.75 Å². The first-order valence-electron chi connectivity index (χ1n) is 5.61. The largest absolute Gasteiger partial charge is 0.369 e. The first-order valence-corrected chi connectivity index (χ1v) is 7.67. The maximum atomic E-state index is 11.1. The monoisotopic (exact) mass is 268 g/mol. The minimum Gasteiger partial charge on any atom is -0.369 e. The number of nitrogens with zero attached hydrogens (tertiary/aromatic N) is 3. The van der Waals surface area contributed by atoms with Gasteiger partial charge in [-0.25, -0.2) is 13.4 Å². The Morgan fingerprint density at radius 2 is 2.00 bits per heavy atom. The van der Waals surface area contributed by atoms with Crippen molar-refractivity contribution in [1.29, 1.82) is 0 Å². The number of nitrogens with one attached hydrogen (secondary N) is 1. The third kappa shape index (κ3) is 2.98. The quantitative estimate of drug-likeness (QED) is 0.887. The second-order valence-corrected chi connectivity index (χ2v) is 6.65. The highest BCUT2D eigenvalue weighted by molar-refractivity contribution is 7.90. The number of fused-ring (bicyclic) bond motifs is 1. The standard InChI is InChI=1S/C11H16N4O2S/c1-8-6-10(12-4-5-18(3,16)17)15-11(13-8)7-9(2)14-15/h6-7,12H,4-5H2,1-3H3. The lowest BCUT2D eigenvalue weighted by atomic mass is 10.4. The minimum atomic E-state index is -2.96. The second-order valence-electron chi connectivity index (χ2n) is 4.40. The summed E-state index contributed by atoms with van der Waals surface area (Å²) >= 11 is 0. The molecule has 0 unspecified atom stereocenters. The van der Waals surface area contributed by atoms with E-state index in [1.54, 1.807) is 4.52 Å². The normalized spacial score (nSPS) is 11.9. The molecule has 0 radical (unpaired) electrons. The van der Waals surface area contributed by atoms with Crippen molar-refractivity contribution >= 4 is 21.3 Å². The van der Waals surface area contributed by atoms with Crippen molar-refractivity contribution in [2.75, 3.05) is 23.9 Å². The van der Waals surface area contributed by atoms with E-state index in [2.05, 4.69) is 15.4 Å². The first kappa shape index (κ1) is 12.8. The molecule has 0 bridgehead atoms. The van der Waals surface area contributed by atoms with E-state index in [1.807, 2.05) is 26.0 Å². The van der Waals surface area contributed by atoms with Crippen LogP contribution >= 0.6 is 0 Å². The van der Waals surface area contributed by atoms with Gasteiger partial charge in [-0.15, -0.1) is 0 Å². The zero-order chi connectivity index (χ0) is 13.3. The molecule has 7 heteroatoms. The fraction of sp³-hybridized carbons (Fsp3) is 0.455. The molecule has 0 fully saturated rings. The van der Waals surface area contributed by atoms with Gasteiger partial charge in [-0.3, -0.25) is 0 Å². The number of sulfone groups is 1. The summed E-state index contributed by atoms with van der Waals surface area (Å²) in [5.41, 5.74) is 2.50. The summed E-state index contributed by atoms with van der Waals surface area (Å²) < 4.78 is 23.8. The first-order chi connectivity index (χ1) is 8.35. The summed E-state index contributed by atoms with van der Waals surface area (Å²) in [5, 5.41) is 7.39. The topological polar surface area (TPSA) is 76.4 Å². The van der Waals surface area contributed by atoms with Crippen LogP contribution in [0.4, 0.5) is 5.82 Å². The van der Waals surface area contributed by atoms with Gasteiger partial charge in [-0.05, 0) is 13.8 Å². The average Bonchev–Trinajstić information content (AvgIpc) is 2.56. The highest BCUT2D eigenvalue weighted by atomic mass is 32.2. The number of rotatable bonds is 4. The minimum absolute atomic E-state index is 0.0934. The van der Waals surface area contributed by atoms with Gasteiger partial charge in [0.05, 0.1) is 11.4 Å². The lowest BCUT2D eigenvalue weighted by molar-refractivity contribution is 0.602. The summed E-state index contributed by atoms with van der Waals surface area (Å²) in [7, 11) is -2.96. The summed E-state index contributed by atoms with van der Waals surface area (Å²) in [4.78, 5) is 4.36. The van der Waals surface area contributed by atoms with Crippen LogP contribution in [0.25, 0.3) is 5.65 Å². The molecule has 2 aromatic rings. The Morgan fingerprint density at radius 3 is 2.67 bits per heavy atom. The van der Waals surface area contributed by atoms with Crippen LogP contribution in [0, 0.1) is 13.8 Å². The predicted molar refractivity (Wildman–Crippen MR) is 70.7 cm³/mol. The van der Waals surface area contributed by atoms with Crippen LogP contribution in [0.15, 0.2) is 12.1 Å². The van der Waals surface area contributed by atoms with Gasteiger partial charge in [0.2, 0.25) is 0 Å². The maximum absolute atomic E-state index is 11.1. The molecule has 0 atom stereocenters. The highest BCUT2D eigenvalue weighted by Gasteiger charge is 2.07. The van der Waals surface area contributed by atoms with E-state index in [0.717, 1.165) is 22.9 Å². The van der Waals surface area contributed by atoms with Crippen molar-refractivity contribution in [1.82, 2.24) is 14.6 Å². The predicted octanol–water partition coefficient (Wildman–Crippen LogP) is 0.803. The molecule has 2 rings (SSSR count). The Bertz CT molecular complexity index is 676. The van der Waals surface area contributed by atoms with Crippen LogP contribution in [0.5, 0.6) is 0 Å². The molecule has 2 aromatic heterocycles. The number of hydrogen-bond acceptors (Lipinski definition) is 5.